The average molecular weight is 554 g/mol. The first kappa shape index (κ1) is 27.3. The van der Waals surface area contributed by atoms with Crippen LogP contribution in [0.4, 0.5) is 13.2 Å². The van der Waals surface area contributed by atoms with E-state index in [1.807, 2.05) is 0 Å². The number of benzene rings is 2. The van der Waals surface area contributed by atoms with E-state index in [4.69, 9.17) is 9.15 Å². The lowest BCUT2D eigenvalue weighted by atomic mass is 10.1. The average Bonchev–Trinajstić information content (AvgIpc) is 3.41. The molecule has 1 fully saturated rings. The molecule has 1 saturated heterocycles. The Morgan fingerprint density at radius 3 is 2.47 bits per heavy atom. The molecule has 0 saturated carbocycles. The molecule has 3 aromatic rings. The minimum absolute atomic E-state index is 0.0731. The highest BCUT2D eigenvalue weighted by atomic mass is 32.2. The molecule has 1 aromatic heterocycles. The normalized spacial score (nSPS) is 18.3. The van der Waals surface area contributed by atoms with Gasteiger partial charge in [-0.1, -0.05) is 48.5 Å². The number of carbonyl (C=O) groups is 2. The minimum Gasteiger partial charge on any atom is -0.480 e. The van der Waals surface area contributed by atoms with Crippen LogP contribution in [0.1, 0.15) is 16.9 Å². The number of alkyl halides is 3. The predicted molar refractivity (Wildman–Crippen MR) is 126 cm³/mol. The van der Waals surface area contributed by atoms with Crippen LogP contribution in [0.2, 0.25) is 0 Å². The van der Waals surface area contributed by atoms with Gasteiger partial charge in [0.15, 0.2) is 6.17 Å². The fourth-order valence-corrected chi connectivity index (χ4v) is 5.02. The molecule has 3 N–H and O–H groups in total. The summed E-state index contributed by atoms with van der Waals surface area (Å²) in [5.41, 5.74) is -0.410. The standard InChI is InChI=1S/C24H22F3N3O7S/c25-24(26,27)18-9-5-4-8-17(18)20-11-10-16(37-20)12-30-21(22(31)29-38(30,34)35)28-19(23(32)33)14-36-13-15-6-2-1-3-7-15/h1-11,19,21,28H,12-14H2,(H,29,31)(H,32,33)/t19-,21+/m0/s1. The third-order valence-electron chi connectivity index (χ3n) is 5.60. The number of halogens is 3. The van der Waals surface area contributed by atoms with Gasteiger partial charge in [0.1, 0.15) is 17.6 Å². The molecule has 10 nitrogen and oxygen atoms in total. The fraction of sp³-hybridized carbons (Fsp3) is 0.250. The van der Waals surface area contributed by atoms with Crippen molar-refractivity contribution in [3.8, 4) is 11.3 Å². The van der Waals surface area contributed by atoms with Gasteiger partial charge in [0, 0.05) is 5.56 Å². The Kier molecular flexibility index (Phi) is 7.87. The van der Waals surface area contributed by atoms with Crippen molar-refractivity contribution in [2.24, 2.45) is 0 Å². The lowest BCUT2D eigenvalue weighted by Crippen LogP contribution is -2.54. The van der Waals surface area contributed by atoms with Crippen molar-refractivity contribution in [2.75, 3.05) is 6.61 Å². The van der Waals surface area contributed by atoms with Crippen LogP contribution in [0, 0.1) is 0 Å². The molecule has 14 heteroatoms. The lowest BCUT2D eigenvalue weighted by molar-refractivity contribution is -0.142. The van der Waals surface area contributed by atoms with E-state index in [1.54, 1.807) is 35.1 Å². The number of amides is 1. The summed E-state index contributed by atoms with van der Waals surface area (Å²) < 4.78 is 78.7. The summed E-state index contributed by atoms with van der Waals surface area (Å²) in [5, 5.41) is 12.1. The molecule has 2 atom stereocenters. The molecular weight excluding hydrogens is 531 g/mol. The lowest BCUT2D eigenvalue weighted by Gasteiger charge is -2.23. The molecule has 2 aromatic carbocycles. The SMILES string of the molecule is O=C(O)[C@H](COCc1ccccc1)N[C@H]1C(=O)NS(=O)(=O)N1Cc1ccc(-c2ccccc2C(F)(F)F)o1. The monoisotopic (exact) mass is 553 g/mol. The highest BCUT2D eigenvalue weighted by Gasteiger charge is 2.46. The van der Waals surface area contributed by atoms with Crippen molar-refractivity contribution >= 4 is 22.1 Å². The number of carboxylic acid groups (broad SMARTS) is 1. The zero-order valence-electron chi connectivity index (χ0n) is 19.5. The molecule has 1 amide bonds. The van der Waals surface area contributed by atoms with Crippen LogP contribution >= 0.6 is 0 Å². The van der Waals surface area contributed by atoms with Gasteiger partial charge in [-0.25, -0.2) is 4.72 Å². The summed E-state index contributed by atoms with van der Waals surface area (Å²) in [6, 6.07) is 14.7. The maximum absolute atomic E-state index is 13.4. The summed E-state index contributed by atoms with van der Waals surface area (Å²) in [5.74, 6) is -2.66. The minimum atomic E-state index is -4.65. The number of carbonyl (C=O) groups excluding carboxylic acids is 1. The summed E-state index contributed by atoms with van der Waals surface area (Å²) >= 11 is 0. The van der Waals surface area contributed by atoms with E-state index in [1.165, 1.54) is 30.3 Å². The van der Waals surface area contributed by atoms with E-state index in [0.29, 0.717) is 4.31 Å². The van der Waals surface area contributed by atoms with Gasteiger partial charge in [0.25, 0.3) is 5.91 Å². The topological polar surface area (TPSA) is 138 Å². The maximum atomic E-state index is 13.4. The number of ether oxygens (including phenoxy) is 1. The molecule has 0 bridgehead atoms. The summed E-state index contributed by atoms with van der Waals surface area (Å²) in [7, 11) is -4.41. The molecular formula is C24H22F3N3O7S. The van der Waals surface area contributed by atoms with Gasteiger partial charge in [-0.15, -0.1) is 0 Å². The largest absolute Gasteiger partial charge is 0.480 e. The molecule has 202 valence electrons. The zero-order valence-corrected chi connectivity index (χ0v) is 20.3. The van der Waals surface area contributed by atoms with Crippen molar-refractivity contribution < 1.29 is 45.4 Å². The Bertz CT molecular complexity index is 1410. The Hall–Kier alpha value is -3.72. The molecule has 0 unspecified atom stereocenters. The summed E-state index contributed by atoms with van der Waals surface area (Å²) in [4.78, 5) is 24.2. The van der Waals surface area contributed by atoms with Crippen LogP contribution in [-0.2, 0) is 43.9 Å². The van der Waals surface area contributed by atoms with E-state index in [0.717, 1.165) is 11.6 Å². The van der Waals surface area contributed by atoms with Gasteiger partial charge in [-0.05, 0) is 23.8 Å². The van der Waals surface area contributed by atoms with Gasteiger partial charge in [0.2, 0.25) is 0 Å². The Labute approximate surface area is 215 Å². The summed E-state index contributed by atoms with van der Waals surface area (Å²) in [6.45, 7) is -0.870. The van der Waals surface area contributed by atoms with E-state index in [-0.39, 0.29) is 30.3 Å². The Balaban J connectivity index is 1.50. The Morgan fingerprint density at radius 2 is 1.79 bits per heavy atom. The number of nitrogens with one attached hydrogen (secondary N) is 2. The number of hydrogen-bond donors (Lipinski definition) is 3. The van der Waals surface area contributed by atoms with Crippen molar-refractivity contribution in [1.29, 1.82) is 0 Å². The van der Waals surface area contributed by atoms with Crippen molar-refractivity contribution in [2.45, 2.75) is 31.5 Å². The molecule has 2 heterocycles. The van der Waals surface area contributed by atoms with Crippen LogP contribution in [-0.4, -0.2) is 48.5 Å². The van der Waals surface area contributed by atoms with Crippen molar-refractivity contribution in [1.82, 2.24) is 14.3 Å². The van der Waals surface area contributed by atoms with E-state index in [9.17, 15) is 36.3 Å². The van der Waals surface area contributed by atoms with Crippen molar-refractivity contribution in [3.63, 3.8) is 0 Å². The van der Waals surface area contributed by atoms with Gasteiger partial charge in [0.05, 0.1) is 25.3 Å². The molecule has 0 radical (unpaired) electrons. The molecule has 1 aliphatic rings. The van der Waals surface area contributed by atoms with Crippen LogP contribution < -0.4 is 10.0 Å². The molecule has 0 aliphatic carbocycles. The van der Waals surface area contributed by atoms with Gasteiger partial charge in [-0.2, -0.15) is 25.9 Å². The molecule has 0 spiro atoms. The van der Waals surface area contributed by atoms with E-state index >= 15 is 0 Å². The first-order chi connectivity index (χ1) is 18.0. The Morgan fingerprint density at radius 1 is 1.11 bits per heavy atom. The quantitative estimate of drug-likeness (QED) is 0.349. The second-order valence-corrected chi connectivity index (χ2v) is 9.91. The number of carboxylic acids is 1. The van der Waals surface area contributed by atoms with Crippen molar-refractivity contribution in [3.05, 3.63) is 83.6 Å². The third kappa shape index (κ3) is 6.22. The first-order valence-corrected chi connectivity index (χ1v) is 12.6. The zero-order chi connectivity index (χ0) is 27.5. The van der Waals surface area contributed by atoms with Gasteiger partial charge in [-0.3, -0.25) is 14.9 Å². The number of hydrogen-bond acceptors (Lipinski definition) is 7. The number of furan rings is 1. The highest BCUT2D eigenvalue weighted by molar-refractivity contribution is 7.88. The number of rotatable bonds is 10. The predicted octanol–water partition coefficient (Wildman–Crippen LogP) is 2.73. The fourth-order valence-electron chi connectivity index (χ4n) is 3.80. The van der Waals surface area contributed by atoms with E-state index < -0.39 is 52.6 Å². The van der Waals surface area contributed by atoms with Crippen LogP contribution in [0.25, 0.3) is 11.3 Å². The first-order valence-electron chi connectivity index (χ1n) is 11.1. The van der Waals surface area contributed by atoms with Crippen LogP contribution in [0.5, 0.6) is 0 Å². The summed E-state index contributed by atoms with van der Waals surface area (Å²) in [6.07, 6.45) is -6.29. The smallest absolute Gasteiger partial charge is 0.417 e. The maximum Gasteiger partial charge on any atom is 0.417 e. The number of nitrogens with zero attached hydrogens (tertiary/aromatic N) is 1. The van der Waals surface area contributed by atoms with Gasteiger partial charge >= 0.3 is 22.4 Å². The highest BCUT2D eigenvalue weighted by Crippen LogP contribution is 2.37. The second-order valence-electron chi connectivity index (χ2n) is 8.29. The van der Waals surface area contributed by atoms with E-state index in [2.05, 4.69) is 5.32 Å². The second kappa shape index (κ2) is 10.9. The van der Waals surface area contributed by atoms with Gasteiger partial charge < -0.3 is 14.3 Å². The molecule has 1 aliphatic heterocycles. The third-order valence-corrected chi connectivity index (χ3v) is 7.02. The van der Waals surface area contributed by atoms with Crippen LogP contribution in [0.3, 0.4) is 0 Å². The molecule has 38 heavy (non-hydrogen) atoms. The van der Waals surface area contributed by atoms with Crippen LogP contribution in [0.15, 0.2) is 71.1 Å². The number of aliphatic carboxylic acids is 1. The molecule has 4 rings (SSSR count).